The number of nitrogens with zero attached hydrogens (tertiary/aromatic N) is 2. The van der Waals surface area contributed by atoms with Crippen LogP contribution in [-0.4, -0.2) is 29.5 Å². The molecule has 1 atom stereocenters. The van der Waals surface area contributed by atoms with Crippen LogP contribution in [0.4, 0.5) is 11.4 Å². The fraction of sp³-hybridized carbons (Fsp3) is 0.308. The second-order valence-electron chi connectivity index (χ2n) is 4.36. The number of hydrogen-bond donors (Lipinski definition) is 2. The second-order valence-corrected chi connectivity index (χ2v) is 4.36. The molecule has 2 N–H and O–H groups in total. The summed E-state index contributed by atoms with van der Waals surface area (Å²) in [6.45, 7) is 2.62. The average molecular weight is 260 g/mol. The molecule has 6 nitrogen and oxygen atoms in total. The van der Waals surface area contributed by atoms with Crippen LogP contribution < -0.4 is 10.6 Å². The van der Waals surface area contributed by atoms with Crippen LogP contribution in [0.3, 0.4) is 0 Å². The van der Waals surface area contributed by atoms with E-state index >= 15 is 0 Å². The number of likely N-dealkylation sites (N-methyl/N-ethyl adjacent to an activating group) is 1. The van der Waals surface area contributed by atoms with E-state index in [1.54, 1.807) is 30.5 Å². The van der Waals surface area contributed by atoms with Crippen molar-refractivity contribution >= 4 is 22.3 Å². The maximum atomic E-state index is 11.3. The van der Waals surface area contributed by atoms with Gasteiger partial charge >= 0.3 is 5.69 Å². The van der Waals surface area contributed by atoms with Crippen LogP contribution in [0, 0.1) is 10.1 Å². The van der Waals surface area contributed by atoms with Crippen LogP contribution >= 0.6 is 0 Å². The molecule has 0 fully saturated rings. The Morgan fingerprint density at radius 2 is 2.21 bits per heavy atom. The van der Waals surface area contributed by atoms with Gasteiger partial charge in [-0.2, -0.15) is 0 Å². The maximum Gasteiger partial charge on any atom is 0.301 e. The molecular weight excluding hydrogens is 244 g/mol. The predicted octanol–water partition coefficient (Wildman–Crippen LogP) is 2.16. The van der Waals surface area contributed by atoms with Gasteiger partial charge in [-0.25, -0.2) is 0 Å². The third-order valence-corrected chi connectivity index (χ3v) is 3.03. The van der Waals surface area contributed by atoms with E-state index in [4.69, 9.17) is 0 Å². The molecule has 0 radical (unpaired) electrons. The molecule has 1 heterocycles. The van der Waals surface area contributed by atoms with Gasteiger partial charge in [-0.1, -0.05) is 0 Å². The van der Waals surface area contributed by atoms with Gasteiger partial charge in [0.25, 0.3) is 0 Å². The van der Waals surface area contributed by atoms with Crippen LogP contribution in [0.1, 0.15) is 6.92 Å². The minimum absolute atomic E-state index is 0.0777. The fourth-order valence-corrected chi connectivity index (χ4v) is 1.84. The SMILES string of the molecule is CNC(C)CNc1ccc2ncccc2c1[N+](=O)[O-]. The Bertz CT molecular complexity index is 600. The lowest BCUT2D eigenvalue weighted by atomic mass is 10.1. The minimum atomic E-state index is -0.365. The first kappa shape index (κ1) is 13.2. The molecule has 0 spiro atoms. The molecule has 0 saturated heterocycles. The van der Waals surface area contributed by atoms with Gasteiger partial charge in [0, 0.05) is 18.8 Å². The van der Waals surface area contributed by atoms with E-state index in [2.05, 4.69) is 15.6 Å². The first-order valence-electron chi connectivity index (χ1n) is 6.06. The Morgan fingerprint density at radius 1 is 1.42 bits per heavy atom. The maximum absolute atomic E-state index is 11.3. The Hall–Kier alpha value is -2.21. The number of nitro groups is 1. The molecule has 0 saturated carbocycles. The van der Waals surface area contributed by atoms with Crippen molar-refractivity contribution in [3.05, 3.63) is 40.6 Å². The summed E-state index contributed by atoms with van der Waals surface area (Å²) < 4.78 is 0. The number of nitro benzene ring substituents is 1. The zero-order valence-corrected chi connectivity index (χ0v) is 10.9. The van der Waals surface area contributed by atoms with Gasteiger partial charge in [0.2, 0.25) is 0 Å². The van der Waals surface area contributed by atoms with E-state index in [-0.39, 0.29) is 16.7 Å². The molecule has 100 valence electrons. The van der Waals surface area contributed by atoms with Gasteiger partial charge in [0.15, 0.2) is 0 Å². The number of pyridine rings is 1. The summed E-state index contributed by atoms with van der Waals surface area (Å²) in [4.78, 5) is 15.0. The molecule has 19 heavy (non-hydrogen) atoms. The number of hydrogen-bond acceptors (Lipinski definition) is 5. The molecule has 0 aliphatic heterocycles. The highest BCUT2D eigenvalue weighted by molar-refractivity contribution is 5.94. The van der Waals surface area contributed by atoms with Crippen molar-refractivity contribution in [1.29, 1.82) is 0 Å². The number of nitrogens with one attached hydrogen (secondary N) is 2. The molecule has 6 heteroatoms. The number of benzene rings is 1. The molecule has 0 aliphatic carbocycles. The molecule has 2 rings (SSSR count). The van der Waals surface area contributed by atoms with Crippen LogP contribution in [0.2, 0.25) is 0 Å². The largest absolute Gasteiger partial charge is 0.378 e. The summed E-state index contributed by atoms with van der Waals surface area (Å²) in [6, 6.07) is 7.14. The number of fused-ring (bicyclic) bond motifs is 1. The molecule has 0 amide bonds. The van der Waals surface area contributed by atoms with Crippen LogP contribution in [0.5, 0.6) is 0 Å². The Morgan fingerprint density at radius 3 is 2.89 bits per heavy atom. The molecule has 0 aliphatic rings. The summed E-state index contributed by atoms with van der Waals surface area (Å²) in [5.74, 6) is 0. The minimum Gasteiger partial charge on any atom is -0.378 e. The van der Waals surface area contributed by atoms with Gasteiger partial charge in [0.1, 0.15) is 5.69 Å². The molecule has 1 aromatic carbocycles. The van der Waals surface area contributed by atoms with Gasteiger partial charge in [0.05, 0.1) is 15.8 Å². The highest BCUT2D eigenvalue weighted by Crippen LogP contribution is 2.32. The standard InChI is InChI=1S/C13H16N4O2/c1-9(14-2)8-16-12-6-5-11-10(4-3-7-15-11)13(12)17(18)19/h3-7,9,14,16H,8H2,1-2H3. The van der Waals surface area contributed by atoms with Crippen molar-refractivity contribution < 1.29 is 4.92 Å². The summed E-state index contributed by atoms with van der Waals surface area (Å²) in [5.41, 5.74) is 1.22. The van der Waals surface area contributed by atoms with E-state index in [1.165, 1.54) is 0 Å². The van der Waals surface area contributed by atoms with Crippen LogP contribution in [0.25, 0.3) is 10.9 Å². The normalized spacial score (nSPS) is 12.3. The second kappa shape index (κ2) is 5.62. The Kier molecular flexibility index (Phi) is 3.91. The highest BCUT2D eigenvalue weighted by Gasteiger charge is 2.18. The fourth-order valence-electron chi connectivity index (χ4n) is 1.84. The van der Waals surface area contributed by atoms with Gasteiger partial charge in [-0.3, -0.25) is 15.1 Å². The van der Waals surface area contributed by atoms with Crippen molar-refractivity contribution in [3.63, 3.8) is 0 Å². The lowest BCUT2D eigenvalue weighted by Gasteiger charge is -2.13. The topological polar surface area (TPSA) is 80.1 Å². The summed E-state index contributed by atoms with van der Waals surface area (Å²) in [6.07, 6.45) is 1.63. The number of rotatable bonds is 5. The van der Waals surface area contributed by atoms with Crippen molar-refractivity contribution in [3.8, 4) is 0 Å². The quantitative estimate of drug-likeness (QED) is 0.636. The zero-order valence-electron chi connectivity index (χ0n) is 10.9. The van der Waals surface area contributed by atoms with Crippen molar-refractivity contribution in [1.82, 2.24) is 10.3 Å². The first-order chi connectivity index (χ1) is 9.13. The summed E-state index contributed by atoms with van der Waals surface area (Å²) in [5, 5.41) is 18.0. The first-order valence-corrected chi connectivity index (χ1v) is 6.06. The van der Waals surface area contributed by atoms with Gasteiger partial charge in [-0.05, 0) is 38.2 Å². The third kappa shape index (κ3) is 2.79. The lowest BCUT2D eigenvalue weighted by Crippen LogP contribution is -2.29. The van der Waals surface area contributed by atoms with E-state index in [9.17, 15) is 10.1 Å². The van der Waals surface area contributed by atoms with Gasteiger partial charge < -0.3 is 10.6 Å². The van der Waals surface area contributed by atoms with E-state index in [0.717, 1.165) is 0 Å². The molecule has 1 unspecified atom stereocenters. The predicted molar refractivity (Wildman–Crippen MR) is 75.4 cm³/mol. The zero-order chi connectivity index (χ0) is 13.8. The van der Waals surface area contributed by atoms with Gasteiger partial charge in [-0.15, -0.1) is 0 Å². The van der Waals surface area contributed by atoms with Crippen molar-refractivity contribution in [2.75, 3.05) is 18.9 Å². The highest BCUT2D eigenvalue weighted by atomic mass is 16.6. The molecule has 2 aromatic rings. The van der Waals surface area contributed by atoms with E-state index in [1.807, 2.05) is 14.0 Å². The monoisotopic (exact) mass is 260 g/mol. The summed E-state index contributed by atoms with van der Waals surface area (Å²) in [7, 11) is 1.85. The molecule has 0 bridgehead atoms. The average Bonchev–Trinajstić information content (AvgIpc) is 2.43. The molecule has 1 aromatic heterocycles. The smallest absolute Gasteiger partial charge is 0.301 e. The lowest BCUT2D eigenvalue weighted by molar-refractivity contribution is -0.382. The number of anilines is 1. The van der Waals surface area contributed by atoms with E-state index in [0.29, 0.717) is 23.1 Å². The number of aromatic nitrogens is 1. The van der Waals surface area contributed by atoms with Crippen molar-refractivity contribution in [2.24, 2.45) is 0 Å². The van der Waals surface area contributed by atoms with Crippen LogP contribution in [-0.2, 0) is 0 Å². The van der Waals surface area contributed by atoms with Crippen LogP contribution in [0.15, 0.2) is 30.5 Å². The molecular formula is C13H16N4O2. The Balaban J connectivity index is 2.43. The Labute approximate surface area is 111 Å². The summed E-state index contributed by atoms with van der Waals surface area (Å²) >= 11 is 0. The third-order valence-electron chi connectivity index (χ3n) is 3.03. The van der Waals surface area contributed by atoms with E-state index < -0.39 is 0 Å². The van der Waals surface area contributed by atoms with Crippen molar-refractivity contribution in [2.45, 2.75) is 13.0 Å².